The van der Waals surface area contributed by atoms with Crippen LogP contribution in [0.5, 0.6) is 0 Å². The van der Waals surface area contributed by atoms with Gasteiger partial charge in [-0.25, -0.2) is 4.98 Å². The van der Waals surface area contributed by atoms with Crippen LogP contribution >= 0.6 is 0 Å². The Hall–Kier alpha value is -2.39. The van der Waals surface area contributed by atoms with Crippen LogP contribution in [-0.4, -0.2) is 9.55 Å². The van der Waals surface area contributed by atoms with E-state index in [0.717, 1.165) is 0 Å². The summed E-state index contributed by atoms with van der Waals surface area (Å²) in [4.78, 5) is 4.13. The fraction of sp³-hybridized carbons (Fsp3) is 0.167. The molecule has 0 aliphatic carbocycles. The van der Waals surface area contributed by atoms with Gasteiger partial charge in [-0.3, -0.25) is 0 Å². The lowest BCUT2D eigenvalue weighted by Crippen LogP contribution is -2.40. The molecule has 0 aliphatic heterocycles. The average molecular weight is 277 g/mol. The molecular weight excluding hydrogens is 258 g/mol. The van der Waals surface area contributed by atoms with E-state index in [9.17, 15) is 0 Å². The molecule has 0 radical (unpaired) electrons. The normalized spacial score (nSPS) is 13.0. The first-order valence-corrected chi connectivity index (χ1v) is 7.07. The second-order valence-electron chi connectivity index (χ2n) is 5.39. The molecule has 106 valence electrons. The van der Waals surface area contributed by atoms with E-state index in [1.807, 2.05) is 22.9 Å². The fourth-order valence-corrected chi connectivity index (χ4v) is 2.81. The van der Waals surface area contributed by atoms with Crippen molar-refractivity contribution in [3.63, 3.8) is 0 Å². The number of nitrogens with two attached hydrogens (primary N) is 1. The summed E-state index contributed by atoms with van der Waals surface area (Å²) in [5.74, 6) is 0. The zero-order valence-corrected chi connectivity index (χ0v) is 12.1. The largest absolute Gasteiger partial charge is 0.320 e. The Bertz CT molecular complexity index is 636. The van der Waals surface area contributed by atoms with Gasteiger partial charge >= 0.3 is 0 Å². The lowest BCUT2D eigenvalue weighted by molar-refractivity contribution is 0.349. The van der Waals surface area contributed by atoms with Gasteiger partial charge in [0.05, 0.1) is 17.9 Å². The molecule has 2 N–H and O–H groups in total. The van der Waals surface area contributed by atoms with Crippen molar-refractivity contribution in [3.8, 4) is 0 Å². The topological polar surface area (TPSA) is 43.8 Å². The third kappa shape index (κ3) is 2.36. The molecule has 3 rings (SSSR count). The minimum absolute atomic E-state index is 0.232. The Morgan fingerprint density at radius 2 is 1.48 bits per heavy atom. The summed E-state index contributed by atoms with van der Waals surface area (Å²) in [5.41, 5.74) is 8.66. The fourth-order valence-electron chi connectivity index (χ4n) is 2.81. The Morgan fingerprint density at radius 3 is 1.90 bits per heavy atom. The number of nitrogens with zero attached hydrogens (tertiary/aromatic N) is 2. The zero-order chi connectivity index (χ0) is 14.7. The number of rotatable bonds is 4. The second-order valence-corrected chi connectivity index (χ2v) is 5.39. The number of hydrogen-bond donors (Lipinski definition) is 1. The standard InChI is InChI=1S/C18H19N3/c1-18(15-8-4-2-5-9-15,16-10-6-3-7-11-16)17(19)21-13-12-20-14-21/h2-14,17H,19H2,1H3. The molecule has 0 bridgehead atoms. The lowest BCUT2D eigenvalue weighted by Gasteiger charge is -2.37. The highest BCUT2D eigenvalue weighted by Gasteiger charge is 2.36. The van der Waals surface area contributed by atoms with E-state index >= 15 is 0 Å². The molecule has 2 aromatic carbocycles. The highest BCUT2D eigenvalue weighted by atomic mass is 15.1. The van der Waals surface area contributed by atoms with Crippen molar-refractivity contribution < 1.29 is 0 Å². The molecule has 0 saturated heterocycles. The molecule has 1 atom stereocenters. The third-order valence-corrected chi connectivity index (χ3v) is 4.18. The van der Waals surface area contributed by atoms with Crippen LogP contribution in [0.2, 0.25) is 0 Å². The van der Waals surface area contributed by atoms with Gasteiger partial charge in [-0.15, -0.1) is 0 Å². The number of aromatic nitrogens is 2. The van der Waals surface area contributed by atoms with E-state index < -0.39 is 0 Å². The van der Waals surface area contributed by atoms with Gasteiger partial charge in [-0.05, 0) is 18.1 Å². The van der Waals surface area contributed by atoms with Crippen molar-refractivity contribution in [2.45, 2.75) is 18.5 Å². The highest BCUT2D eigenvalue weighted by Crippen LogP contribution is 2.38. The van der Waals surface area contributed by atoms with E-state index in [1.165, 1.54) is 11.1 Å². The molecule has 3 heteroatoms. The summed E-state index contributed by atoms with van der Waals surface area (Å²) in [7, 11) is 0. The minimum Gasteiger partial charge on any atom is -0.320 e. The summed E-state index contributed by atoms with van der Waals surface area (Å²) in [6.07, 6.45) is 5.21. The van der Waals surface area contributed by atoms with E-state index in [4.69, 9.17) is 5.73 Å². The summed E-state index contributed by atoms with van der Waals surface area (Å²) in [6, 6.07) is 20.8. The molecular formula is C18H19N3. The second kappa shape index (κ2) is 5.54. The molecule has 1 heterocycles. The molecule has 3 nitrogen and oxygen atoms in total. The Morgan fingerprint density at radius 1 is 0.952 bits per heavy atom. The molecule has 0 spiro atoms. The van der Waals surface area contributed by atoms with E-state index in [1.54, 1.807) is 12.5 Å². The maximum atomic E-state index is 6.60. The van der Waals surface area contributed by atoms with Crippen LogP contribution in [0.1, 0.15) is 24.2 Å². The molecule has 0 amide bonds. The minimum atomic E-state index is -0.330. The average Bonchev–Trinajstić information content (AvgIpc) is 3.09. The van der Waals surface area contributed by atoms with Crippen LogP contribution in [0.25, 0.3) is 0 Å². The number of hydrogen-bond acceptors (Lipinski definition) is 2. The first-order chi connectivity index (χ1) is 10.2. The van der Waals surface area contributed by atoms with Crippen molar-refractivity contribution in [3.05, 3.63) is 90.5 Å². The van der Waals surface area contributed by atoms with Crippen LogP contribution < -0.4 is 5.73 Å². The van der Waals surface area contributed by atoms with Gasteiger partial charge in [0.2, 0.25) is 0 Å². The Kier molecular flexibility index (Phi) is 3.59. The first kappa shape index (κ1) is 13.6. The van der Waals surface area contributed by atoms with Gasteiger partial charge < -0.3 is 10.3 Å². The maximum absolute atomic E-state index is 6.60. The number of imidazole rings is 1. The maximum Gasteiger partial charge on any atom is 0.0959 e. The van der Waals surface area contributed by atoms with E-state index in [2.05, 4.69) is 60.4 Å². The third-order valence-electron chi connectivity index (χ3n) is 4.18. The van der Waals surface area contributed by atoms with Crippen LogP contribution in [0.4, 0.5) is 0 Å². The van der Waals surface area contributed by atoms with Crippen LogP contribution in [0.15, 0.2) is 79.4 Å². The predicted molar refractivity (Wildman–Crippen MR) is 84.8 cm³/mol. The molecule has 0 saturated carbocycles. The highest BCUT2D eigenvalue weighted by molar-refractivity contribution is 5.39. The predicted octanol–water partition coefficient (Wildman–Crippen LogP) is 3.35. The van der Waals surface area contributed by atoms with Crippen LogP contribution in [-0.2, 0) is 5.41 Å². The van der Waals surface area contributed by atoms with Gasteiger partial charge in [-0.2, -0.15) is 0 Å². The van der Waals surface area contributed by atoms with Crippen molar-refractivity contribution in [1.82, 2.24) is 9.55 Å². The van der Waals surface area contributed by atoms with Gasteiger partial charge in [0.1, 0.15) is 0 Å². The van der Waals surface area contributed by atoms with Crippen molar-refractivity contribution in [1.29, 1.82) is 0 Å². The van der Waals surface area contributed by atoms with Gasteiger partial charge in [0.25, 0.3) is 0 Å². The molecule has 1 unspecified atom stereocenters. The Labute approximate surface area is 125 Å². The summed E-state index contributed by atoms with van der Waals surface area (Å²) < 4.78 is 1.96. The smallest absolute Gasteiger partial charge is 0.0959 e. The first-order valence-electron chi connectivity index (χ1n) is 7.07. The summed E-state index contributed by atoms with van der Waals surface area (Å²) in [5, 5.41) is 0. The summed E-state index contributed by atoms with van der Waals surface area (Å²) >= 11 is 0. The molecule has 21 heavy (non-hydrogen) atoms. The molecule has 0 aliphatic rings. The van der Waals surface area contributed by atoms with Crippen molar-refractivity contribution in [2.24, 2.45) is 5.73 Å². The van der Waals surface area contributed by atoms with Crippen LogP contribution in [0.3, 0.4) is 0 Å². The van der Waals surface area contributed by atoms with E-state index in [0.29, 0.717) is 0 Å². The SMILES string of the molecule is CC(c1ccccc1)(c1ccccc1)C(N)n1ccnc1. The van der Waals surface area contributed by atoms with Gasteiger partial charge in [0.15, 0.2) is 0 Å². The van der Waals surface area contributed by atoms with E-state index in [-0.39, 0.29) is 11.6 Å². The lowest BCUT2D eigenvalue weighted by atomic mass is 9.73. The monoisotopic (exact) mass is 277 g/mol. The van der Waals surface area contributed by atoms with Gasteiger partial charge in [-0.1, -0.05) is 60.7 Å². The quantitative estimate of drug-likeness (QED) is 0.794. The Balaban J connectivity index is 2.16. The van der Waals surface area contributed by atoms with Crippen molar-refractivity contribution >= 4 is 0 Å². The molecule has 3 aromatic rings. The molecule has 1 aromatic heterocycles. The zero-order valence-electron chi connectivity index (χ0n) is 12.1. The van der Waals surface area contributed by atoms with Crippen LogP contribution in [0, 0.1) is 0 Å². The molecule has 0 fully saturated rings. The van der Waals surface area contributed by atoms with Gasteiger partial charge in [0, 0.05) is 12.4 Å². The number of benzene rings is 2. The summed E-state index contributed by atoms with van der Waals surface area (Å²) in [6.45, 7) is 2.18. The van der Waals surface area contributed by atoms with Crippen molar-refractivity contribution in [2.75, 3.05) is 0 Å².